The number of halogens is 1. The summed E-state index contributed by atoms with van der Waals surface area (Å²) in [6.45, 7) is 8.88. The molecule has 1 atom stereocenters. The zero-order chi connectivity index (χ0) is 20.7. The lowest BCUT2D eigenvalue weighted by atomic mass is 10.0. The Balaban J connectivity index is 2.22. The molecule has 0 aromatic heterocycles. The highest BCUT2D eigenvalue weighted by Crippen LogP contribution is 2.17. The lowest BCUT2D eigenvalue weighted by molar-refractivity contribution is -0.140. The average molecular weight is 445 g/mol. The Bertz CT molecular complexity index is 820. The fraction of sp³-hybridized carbons (Fsp3) is 0.391. The topological polar surface area (TPSA) is 49.4 Å². The molecule has 28 heavy (non-hydrogen) atoms. The highest BCUT2D eigenvalue weighted by atomic mass is 79.9. The van der Waals surface area contributed by atoms with E-state index in [1.807, 2.05) is 69.3 Å². The van der Waals surface area contributed by atoms with E-state index in [9.17, 15) is 9.59 Å². The van der Waals surface area contributed by atoms with Crippen molar-refractivity contribution < 1.29 is 9.59 Å². The van der Waals surface area contributed by atoms with Crippen LogP contribution < -0.4 is 5.32 Å². The molecule has 2 amide bonds. The van der Waals surface area contributed by atoms with E-state index in [0.29, 0.717) is 19.0 Å². The molecule has 1 N–H and O–H groups in total. The third-order valence-corrected chi connectivity index (χ3v) is 5.19. The number of nitrogens with zero attached hydrogens (tertiary/aromatic N) is 1. The predicted molar refractivity (Wildman–Crippen MR) is 117 cm³/mol. The SMILES string of the molecule is Cc1ccccc1CC(=O)N(Cc1cccc(Br)c1)[C@@H](C)C(=O)NCC(C)C. The van der Waals surface area contributed by atoms with E-state index in [0.717, 1.165) is 21.2 Å². The first-order valence-electron chi connectivity index (χ1n) is 9.64. The van der Waals surface area contributed by atoms with Gasteiger partial charge in [0.2, 0.25) is 11.8 Å². The van der Waals surface area contributed by atoms with E-state index in [1.54, 1.807) is 11.8 Å². The smallest absolute Gasteiger partial charge is 0.242 e. The van der Waals surface area contributed by atoms with Gasteiger partial charge in [-0.2, -0.15) is 0 Å². The van der Waals surface area contributed by atoms with Gasteiger partial charge in [0.25, 0.3) is 0 Å². The summed E-state index contributed by atoms with van der Waals surface area (Å²) < 4.78 is 0.952. The van der Waals surface area contributed by atoms with Crippen LogP contribution in [0.25, 0.3) is 0 Å². The zero-order valence-electron chi connectivity index (χ0n) is 17.0. The second-order valence-electron chi connectivity index (χ2n) is 7.57. The lowest BCUT2D eigenvalue weighted by Crippen LogP contribution is -2.48. The van der Waals surface area contributed by atoms with Gasteiger partial charge < -0.3 is 10.2 Å². The Kier molecular flexibility index (Phi) is 8.24. The maximum absolute atomic E-state index is 13.2. The van der Waals surface area contributed by atoms with E-state index in [2.05, 4.69) is 21.2 Å². The summed E-state index contributed by atoms with van der Waals surface area (Å²) in [5.74, 6) is 0.181. The van der Waals surface area contributed by atoms with Crippen LogP contribution in [0.4, 0.5) is 0 Å². The maximum atomic E-state index is 13.2. The fourth-order valence-corrected chi connectivity index (χ4v) is 3.39. The normalized spacial score (nSPS) is 11.9. The van der Waals surface area contributed by atoms with Crippen LogP contribution in [0.2, 0.25) is 0 Å². The molecule has 0 fully saturated rings. The summed E-state index contributed by atoms with van der Waals surface area (Å²) in [5, 5.41) is 2.95. The van der Waals surface area contributed by atoms with Gasteiger partial charge in [-0.1, -0.05) is 66.2 Å². The minimum Gasteiger partial charge on any atom is -0.354 e. The van der Waals surface area contributed by atoms with Crippen LogP contribution in [-0.2, 0) is 22.6 Å². The molecule has 150 valence electrons. The zero-order valence-corrected chi connectivity index (χ0v) is 18.6. The number of carbonyl (C=O) groups excluding carboxylic acids is 2. The first kappa shape index (κ1) is 22.2. The van der Waals surface area contributed by atoms with Crippen molar-refractivity contribution in [3.8, 4) is 0 Å². The number of rotatable bonds is 8. The second-order valence-corrected chi connectivity index (χ2v) is 8.49. The maximum Gasteiger partial charge on any atom is 0.242 e. The Morgan fingerprint density at radius 2 is 1.79 bits per heavy atom. The van der Waals surface area contributed by atoms with Crippen molar-refractivity contribution in [2.45, 2.75) is 46.7 Å². The highest BCUT2D eigenvalue weighted by Gasteiger charge is 2.26. The lowest BCUT2D eigenvalue weighted by Gasteiger charge is -2.29. The van der Waals surface area contributed by atoms with Gasteiger partial charge in [0.15, 0.2) is 0 Å². The van der Waals surface area contributed by atoms with E-state index in [4.69, 9.17) is 0 Å². The molecule has 0 unspecified atom stereocenters. The molecule has 0 heterocycles. The van der Waals surface area contributed by atoms with E-state index in [-0.39, 0.29) is 18.2 Å². The van der Waals surface area contributed by atoms with E-state index >= 15 is 0 Å². The molecular weight excluding hydrogens is 416 g/mol. The van der Waals surface area contributed by atoms with Crippen LogP contribution in [-0.4, -0.2) is 29.3 Å². The first-order valence-corrected chi connectivity index (χ1v) is 10.4. The largest absolute Gasteiger partial charge is 0.354 e. The second kappa shape index (κ2) is 10.4. The fourth-order valence-electron chi connectivity index (χ4n) is 2.94. The van der Waals surface area contributed by atoms with Gasteiger partial charge in [-0.25, -0.2) is 0 Å². The van der Waals surface area contributed by atoms with Gasteiger partial charge in [-0.05, 0) is 48.6 Å². The Morgan fingerprint density at radius 1 is 1.07 bits per heavy atom. The molecule has 2 aromatic carbocycles. The molecule has 0 spiro atoms. The van der Waals surface area contributed by atoms with E-state index in [1.165, 1.54) is 0 Å². The number of carbonyl (C=O) groups is 2. The van der Waals surface area contributed by atoms with Crippen LogP contribution in [0.1, 0.15) is 37.5 Å². The van der Waals surface area contributed by atoms with Crippen molar-refractivity contribution in [3.63, 3.8) is 0 Å². The molecule has 2 rings (SSSR count). The third-order valence-electron chi connectivity index (χ3n) is 4.70. The Morgan fingerprint density at radius 3 is 2.43 bits per heavy atom. The Labute approximate surface area is 176 Å². The first-order chi connectivity index (χ1) is 13.3. The molecule has 0 saturated carbocycles. The number of hydrogen-bond acceptors (Lipinski definition) is 2. The average Bonchev–Trinajstić information content (AvgIpc) is 2.65. The van der Waals surface area contributed by atoms with Crippen molar-refractivity contribution in [1.82, 2.24) is 10.2 Å². The van der Waals surface area contributed by atoms with Crippen LogP contribution in [0.15, 0.2) is 53.0 Å². The minimum atomic E-state index is -0.547. The minimum absolute atomic E-state index is 0.0542. The number of benzene rings is 2. The van der Waals surface area contributed by atoms with Crippen molar-refractivity contribution in [1.29, 1.82) is 0 Å². The molecule has 0 bridgehead atoms. The van der Waals surface area contributed by atoms with Gasteiger partial charge in [0, 0.05) is 17.6 Å². The van der Waals surface area contributed by atoms with Crippen LogP contribution in [0, 0.1) is 12.8 Å². The monoisotopic (exact) mass is 444 g/mol. The van der Waals surface area contributed by atoms with Crippen molar-refractivity contribution in [2.75, 3.05) is 6.54 Å². The summed E-state index contributed by atoms with van der Waals surface area (Å²) in [6, 6.07) is 15.2. The van der Waals surface area contributed by atoms with Gasteiger partial charge in [-0.3, -0.25) is 9.59 Å². The number of hydrogen-bond donors (Lipinski definition) is 1. The standard InChI is InChI=1S/C23H29BrN2O2/c1-16(2)14-25-23(28)18(4)26(15-19-9-7-11-21(24)12-19)22(27)13-20-10-6-5-8-17(20)3/h5-12,16,18H,13-15H2,1-4H3,(H,25,28)/t18-/m0/s1. The molecule has 0 saturated heterocycles. The van der Waals surface area contributed by atoms with Crippen molar-refractivity contribution in [2.24, 2.45) is 5.92 Å². The Hall–Kier alpha value is -2.14. The molecule has 2 aromatic rings. The van der Waals surface area contributed by atoms with E-state index < -0.39 is 6.04 Å². The number of amides is 2. The number of aryl methyl sites for hydroxylation is 1. The molecule has 0 aliphatic heterocycles. The third kappa shape index (κ3) is 6.48. The van der Waals surface area contributed by atoms with Gasteiger partial charge in [-0.15, -0.1) is 0 Å². The van der Waals surface area contributed by atoms with Crippen molar-refractivity contribution >= 4 is 27.7 Å². The number of nitrogens with one attached hydrogen (secondary N) is 1. The van der Waals surface area contributed by atoms with Gasteiger partial charge in [0.1, 0.15) is 6.04 Å². The molecule has 0 aliphatic carbocycles. The quantitative estimate of drug-likeness (QED) is 0.651. The summed E-state index contributed by atoms with van der Waals surface area (Å²) in [6.07, 6.45) is 0.280. The summed E-state index contributed by atoms with van der Waals surface area (Å²) >= 11 is 3.48. The molecule has 0 aliphatic rings. The molecule has 0 radical (unpaired) electrons. The summed E-state index contributed by atoms with van der Waals surface area (Å²) in [7, 11) is 0. The van der Waals surface area contributed by atoms with Crippen molar-refractivity contribution in [3.05, 3.63) is 69.7 Å². The predicted octanol–water partition coefficient (Wildman–Crippen LogP) is 4.49. The molecular formula is C23H29BrN2O2. The van der Waals surface area contributed by atoms with Gasteiger partial charge in [0.05, 0.1) is 6.42 Å². The van der Waals surface area contributed by atoms with Gasteiger partial charge >= 0.3 is 0 Å². The summed E-state index contributed by atoms with van der Waals surface area (Å²) in [5.41, 5.74) is 3.05. The van der Waals surface area contributed by atoms with Crippen LogP contribution in [0.3, 0.4) is 0 Å². The molecule has 5 heteroatoms. The highest BCUT2D eigenvalue weighted by molar-refractivity contribution is 9.10. The molecule has 4 nitrogen and oxygen atoms in total. The van der Waals surface area contributed by atoms with Crippen LogP contribution >= 0.6 is 15.9 Å². The van der Waals surface area contributed by atoms with Crippen LogP contribution in [0.5, 0.6) is 0 Å². The summed E-state index contributed by atoms with van der Waals surface area (Å²) in [4.78, 5) is 27.5.